The van der Waals surface area contributed by atoms with Crippen LogP contribution in [0, 0.1) is 5.92 Å². The minimum Gasteiger partial charge on any atom is -0.380 e. The second-order valence-corrected chi connectivity index (χ2v) is 8.05. The molecule has 0 unspecified atom stereocenters. The number of piperidine rings is 2. The lowest BCUT2D eigenvalue weighted by atomic mass is 9.93. The molecule has 3 saturated heterocycles. The number of carbonyl (C=O) groups is 1. The fraction of sp³-hybridized carbons (Fsp3) is 0.950. The molecule has 0 saturated carbocycles. The van der Waals surface area contributed by atoms with E-state index in [1.54, 1.807) is 0 Å². The number of hydrogen-bond donors (Lipinski definition) is 0. The normalized spacial score (nSPS) is 27.1. The van der Waals surface area contributed by atoms with Gasteiger partial charge in [-0.1, -0.05) is 6.92 Å². The van der Waals surface area contributed by atoms with Gasteiger partial charge in [0.25, 0.3) is 0 Å². The van der Waals surface area contributed by atoms with E-state index in [-0.39, 0.29) is 5.92 Å². The van der Waals surface area contributed by atoms with Gasteiger partial charge in [0, 0.05) is 38.8 Å². The molecule has 0 spiro atoms. The maximum absolute atomic E-state index is 12.7. The predicted molar refractivity (Wildman–Crippen MR) is 101 cm³/mol. The van der Waals surface area contributed by atoms with E-state index in [0.717, 1.165) is 52.2 Å². The second-order valence-electron chi connectivity index (χ2n) is 8.05. The summed E-state index contributed by atoms with van der Waals surface area (Å²) in [5.41, 5.74) is 0. The lowest BCUT2D eigenvalue weighted by Crippen LogP contribution is -2.51. The average Bonchev–Trinajstić information content (AvgIpc) is 3.20. The molecule has 3 fully saturated rings. The number of carbonyl (C=O) groups excluding carboxylic acids is 1. The minimum absolute atomic E-state index is 0.257. The summed E-state index contributed by atoms with van der Waals surface area (Å²) in [5, 5.41) is 0. The van der Waals surface area contributed by atoms with Crippen molar-refractivity contribution in [2.75, 3.05) is 59.0 Å². The average molecular weight is 352 g/mol. The van der Waals surface area contributed by atoms with Crippen molar-refractivity contribution < 1.29 is 9.53 Å². The van der Waals surface area contributed by atoms with Gasteiger partial charge in [0.2, 0.25) is 5.91 Å². The Morgan fingerprint density at radius 3 is 2.44 bits per heavy atom. The summed E-state index contributed by atoms with van der Waals surface area (Å²) in [6.45, 7) is 11.5. The van der Waals surface area contributed by atoms with E-state index in [4.69, 9.17) is 4.74 Å². The second kappa shape index (κ2) is 9.89. The topological polar surface area (TPSA) is 36.0 Å². The van der Waals surface area contributed by atoms with Gasteiger partial charge in [0.1, 0.15) is 0 Å². The third kappa shape index (κ3) is 5.41. The van der Waals surface area contributed by atoms with Gasteiger partial charge in [-0.05, 0) is 64.6 Å². The molecule has 0 radical (unpaired) electrons. The monoisotopic (exact) mass is 351 g/mol. The molecule has 1 atom stereocenters. The summed E-state index contributed by atoms with van der Waals surface area (Å²) in [7, 11) is 0. The molecule has 0 N–H and O–H groups in total. The number of ether oxygens (including phenoxy) is 1. The fourth-order valence-corrected chi connectivity index (χ4v) is 4.68. The maximum atomic E-state index is 12.7. The summed E-state index contributed by atoms with van der Waals surface area (Å²) in [6.07, 6.45) is 8.28. The van der Waals surface area contributed by atoms with Crippen molar-refractivity contribution in [1.82, 2.24) is 14.7 Å². The van der Waals surface area contributed by atoms with Gasteiger partial charge in [-0.25, -0.2) is 0 Å². The molecule has 1 amide bonds. The molecule has 3 aliphatic rings. The molecular formula is C20H37N3O2. The fourth-order valence-electron chi connectivity index (χ4n) is 4.68. The van der Waals surface area contributed by atoms with Crippen molar-refractivity contribution in [2.45, 2.75) is 57.9 Å². The summed E-state index contributed by atoms with van der Waals surface area (Å²) < 4.78 is 5.62. The molecule has 144 valence electrons. The van der Waals surface area contributed by atoms with Crippen LogP contribution in [0.2, 0.25) is 0 Å². The summed E-state index contributed by atoms with van der Waals surface area (Å²) >= 11 is 0. The molecule has 3 rings (SSSR count). The van der Waals surface area contributed by atoms with Gasteiger partial charge in [-0.2, -0.15) is 0 Å². The highest BCUT2D eigenvalue weighted by Gasteiger charge is 2.34. The molecule has 3 heterocycles. The van der Waals surface area contributed by atoms with Crippen LogP contribution in [-0.2, 0) is 9.53 Å². The zero-order valence-corrected chi connectivity index (χ0v) is 16.1. The number of nitrogens with zero attached hydrogens (tertiary/aromatic N) is 3. The van der Waals surface area contributed by atoms with Gasteiger partial charge < -0.3 is 14.5 Å². The highest BCUT2D eigenvalue weighted by molar-refractivity contribution is 5.79. The third-order valence-corrected chi connectivity index (χ3v) is 6.19. The first-order valence-corrected chi connectivity index (χ1v) is 10.6. The molecule has 5 nitrogen and oxygen atoms in total. The number of amides is 1. The zero-order chi connectivity index (χ0) is 17.5. The van der Waals surface area contributed by atoms with E-state index in [2.05, 4.69) is 21.6 Å². The van der Waals surface area contributed by atoms with E-state index in [1.165, 1.54) is 51.7 Å². The molecule has 25 heavy (non-hydrogen) atoms. The molecule has 0 aromatic carbocycles. The zero-order valence-electron chi connectivity index (χ0n) is 16.1. The smallest absolute Gasteiger partial charge is 0.226 e. The van der Waals surface area contributed by atoms with Crippen LogP contribution in [0.5, 0.6) is 0 Å². The minimum atomic E-state index is 0.257. The Kier molecular flexibility index (Phi) is 7.56. The Hall–Kier alpha value is -0.650. The summed E-state index contributed by atoms with van der Waals surface area (Å²) in [5.74, 6) is 0.694. The standard InChI is InChI=1S/C20H37N3O2/c1-2-15-25-16-14-21-12-7-19(8-13-21)23-11-5-6-18(17-23)20(24)22-9-3-4-10-22/h18-19H,2-17H2,1H3/t18-/m1/s1. The largest absolute Gasteiger partial charge is 0.380 e. The van der Waals surface area contributed by atoms with Gasteiger partial charge in [0.05, 0.1) is 12.5 Å². The molecule has 0 bridgehead atoms. The van der Waals surface area contributed by atoms with Gasteiger partial charge in [0.15, 0.2) is 0 Å². The van der Waals surface area contributed by atoms with Crippen LogP contribution in [0.25, 0.3) is 0 Å². The van der Waals surface area contributed by atoms with Crippen molar-refractivity contribution in [3.63, 3.8) is 0 Å². The summed E-state index contributed by atoms with van der Waals surface area (Å²) in [4.78, 5) is 20.0. The Labute approximate surface area is 153 Å². The van der Waals surface area contributed by atoms with E-state index >= 15 is 0 Å². The van der Waals surface area contributed by atoms with Crippen molar-refractivity contribution in [2.24, 2.45) is 5.92 Å². The Balaban J connectivity index is 1.39. The van der Waals surface area contributed by atoms with Crippen LogP contribution in [0.3, 0.4) is 0 Å². The van der Waals surface area contributed by atoms with Gasteiger partial charge in [-0.15, -0.1) is 0 Å². The molecule has 0 aromatic rings. The molecular weight excluding hydrogens is 314 g/mol. The van der Waals surface area contributed by atoms with Crippen LogP contribution >= 0.6 is 0 Å². The lowest BCUT2D eigenvalue weighted by molar-refractivity contribution is -0.136. The number of likely N-dealkylation sites (tertiary alicyclic amines) is 3. The Morgan fingerprint density at radius 2 is 1.72 bits per heavy atom. The van der Waals surface area contributed by atoms with Crippen molar-refractivity contribution >= 4 is 5.91 Å². The first-order valence-electron chi connectivity index (χ1n) is 10.6. The van der Waals surface area contributed by atoms with Crippen molar-refractivity contribution in [1.29, 1.82) is 0 Å². The highest BCUT2D eigenvalue weighted by atomic mass is 16.5. The maximum Gasteiger partial charge on any atom is 0.226 e. The van der Waals surface area contributed by atoms with E-state index < -0.39 is 0 Å². The predicted octanol–water partition coefficient (Wildman–Crippen LogP) is 2.21. The number of rotatable bonds is 7. The highest BCUT2D eigenvalue weighted by Crippen LogP contribution is 2.26. The van der Waals surface area contributed by atoms with Crippen LogP contribution < -0.4 is 0 Å². The third-order valence-electron chi connectivity index (χ3n) is 6.19. The van der Waals surface area contributed by atoms with Crippen molar-refractivity contribution in [3.8, 4) is 0 Å². The SMILES string of the molecule is CCCOCCN1CCC(N2CCC[C@@H](C(=O)N3CCCC3)C2)CC1. The van der Waals surface area contributed by atoms with Crippen molar-refractivity contribution in [3.05, 3.63) is 0 Å². The molecule has 0 aliphatic carbocycles. The molecule has 5 heteroatoms. The number of hydrogen-bond acceptors (Lipinski definition) is 4. The van der Waals surface area contributed by atoms with Crippen LogP contribution in [0.15, 0.2) is 0 Å². The Bertz CT molecular complexity index is 404. The molecule has 3 aliphatic heterocycles. The molecule has 0 aromatic heterocycles. The Morgan fingerprint density at radius 1 is 0.960 bits per heavy atom. The first kappa shape index (κ1) is 19.1. The lowest BCUT2D eigenvalue weighted by Gasteiger charge is -2.42. The van der Waals surface area contributed by atoms with Gasteiger partial charge >= 0.3 is 0 Å². The van der Waals surface area contributed by atoms with Crippen LogP contribution in [-0.4, -0.2) is 85.7 Å². The quantitative estimate of drug-likeness (QED) is 0.659. The van der Waals surface area contributed by atoms with E-state index in [1.807, 2.05) is 0 Å². The van der Waals surface area contributed by atoms with Crippen LogP contribution in [0.1, 0.15) is 51.9 Å². The van der Waals surface area contributed by atoms with Gasteiger partial charge in [-0.3, -0.25) is 9.69 Å². The van der Waals surface area contributed by atoms with E-state index in [0.29, 0.717) is 11.9 Å². The summed E-state index contributed by atoms with van der Waals surface area (Å²) in [6, 6.07) is 0.682. The van der Waals surface area contributed by atoms with E-state index in [9.17, 15) is 4.79 Å². The first-order chi connectivity index (χ1) is 12.3. The van der Waals surface area contributed by atoms with Crippen LogP contribution in [0.4, 0.5) is 0 Å².